The molecule has 10 nitrogen and oxygen atoms in total. The molecule has 4 aromatic rings. The Morgan fingerprint density at radius 3 is 1.92 bits per heavy atom. The molecule has 1 N–H and O–H groups in total. The Balaban J connectivity index is 1.49. The van der Waals surface area contributed by atoms with Crippen LogP contribution in [0.5, 0.6) is 28.7 Å². The Bertz CT molecular complexity index is 1760. The molecule has 0 aliphatic rings. The Kier molecular flexibility index (Phi) is 13.6. The SMILES string of the molecule is CCOP(=O)(OCC)C(Nc1ccc(CC(=O)Oc2cc(/C=C\c3cc(OC)c(OC)c(OC)c3)ccc2OC)cc1)c1ccccc1Cl. The topological polar surface area (TPSA) is 111 Å². The molecule has 0 bridgehead atoms. The van der Waals surface area contributed by atoms with E-state index in [4.69, 9.17) is 44.3 Å². The number of hydrogen-bond acceptors (Lipinski definition) is 10. The summed E-state index contributed by atoms with van der Waals surface area (Å²) in [5, 5.41) is 3.70. The van der Waals surface area contributed by atoms with Crippen molar-refractivity contribution in [1.29, 1.82) is 0 Å². The van der Waals surface area contributed by atoms with Crippen LogP contribution >= 0.6 is 19.2 Å². The summed E-state index contributed by atoms with van der Waals surface area (Å²) in [4.78, 5) is 13.1. The minimum atomic E-state index is -3.67. The highest BCUT2D eigenvalue weighted by Gasteiger charge is 2.38. The van der Waals surface area contributed by atoms with Crippen LogP contribution in [0.1, 0.15) is 41.9 Å². The number of hydrogen-bond donors (Lipinski definition) is 1. The van der Waals surface area contributed by atoms with Crippen LogP contribution in [-0.2, 0) is 24.8 Å². The molecule has 0 aliphatic heterocycles. The van der Waals surface area contributed by atoms with E-state index in [1.165, 1.54) is 7.11 Å². The van der Waals surface area contributed by atoms with Gasteiger partial charge in [-0.05, 0) is 73.0 Å². The van der Waals surface area contributed by atoms with Crippen molar-refractivity contribution in [3.63, 3.8) is 0 Å². The van der Waals surface area contributed by atoms with Gasteiger partial charge in [0.1, 0.15) is 0 Å². The van der Waals surface area contributed by atoms with Gasteiger partial charge in [-0.2, -0.15) is 0 Å². The maximum Gasteiger partial charge on any atom is 0.357 e. The molecule has 0 saturated carbocycles. The van der Waals surface area contributed by atoms with Crippen molar-refractivity contribution in [2.75, 3.05) is 47.0 Å². The maximum atomic E-state index is 13.9. The molecular formula is C37H41ClNO9P. The van der Waals surface area contributed by atoms with Gasteiger partial charge in [0.2, 0.25) is 5.75 Å². The predicted octanol–water partition coefficient (Wildman–Crippen LogP) is 9.07. The first kappa shape index (κ1) is 37.4. The molecule has 0 heterocycles. The van der Waals surface area contributed by atoms with E-state index in [-0.39, 0.29) is 25.4 Å². The number of ether oxygens (including phenoxy) is 5. The Labute approximate surface area is 292 Å². The highest BCUT2D eigenvalue weighted by atomic mass is 35.5. The molecule has 4 rings (SSSR count). The average Bonchev–Trinajstić information content (AvgIpc) is 3.10. The molecule has 12 heteroatoms. The third-order valence-corrected chi connectivity index (χ3v) is 9.93. The van der Waals surface area contributed by atoms with Crippen LogP contribution < -0.4 is 29.0 Å². The van der Waals surface area contributed by atoms with Gasteiger partial charge in [-0.25, -0.2) is 0 Å². The first-order valence-electron chi connectivity index (χ1n) is 15.5. The first-order valence-corrected chi connectivity index (χ1v) is 17.5. The monoisotopic (exact) mass is 709 g/mol. The summed E-state index contributed by atoms with van der Waals surface area (Å²) < 4.78 is 52.7. The van der Waals surface area contributed by atoms with Crippen molar-refractivity contribution in [1.82, 2.24) is 0 Å². The van der Waals surface area contributed by atoms with Crippen molar-refractivity contribution >= 4 is 43.0 Å². The minimum absolute atomic E-state index is 0.000729. The van der Waals surface area contributed by atoms with Crippen LogP contribution in [0.2, 0.25) is 5.02 Å². The predicted molar refractivity (Wildman–Crippen MR) is 192 cm³/mol. The zero-order valence-electron chi connectivity index (χ0n) is 28.4. The largest absolute Gasteiger partial charge is 0.493 e. The van der Waals surface area contributed by atoms with E-state index < -0.39 is 19.3 Å². The number of halogens is 1. The number of rotatable bonds is 17. The summed E-state index contributed by atoms with van der Waals surface area (Å²) in [5.74, 6) is 0.925. The number of methoxy groups -OCH3 is 4. The second-order valence-corrected chi connectivity index (χ2v) is 13.0. The van der Waals surface area contributed by atoms with Gasteiger partial charge in [0.05, 0.1) is 48.1 Å². The molecule has 260 valence electrons. The van der Waals surface area contributed by atoms with E-state index in [9.17, 15) is 9.36 Å². The van der Waals surface area contributed by atoms with Gasteiger partial charge < -0.3 is 38.0 Å². The van der Waals surface area contributed by atoms with Crippen LogP contribution in [0.25, 0.3) is 12.2 Å². The quantitative estimate of drug-likeness (QED) is 0.0493. The molecule has 49 heavy (non-hydrogen) atoms. The van der Waals surface area contributed by atoms with E-state index >= 15 is 0 Å². The molecule has 0 amide bonds. The van der Waals surface area contributed by atoms with Crippen molar-refractivity contribution in [2.45, 2.75) is 26.1 Å². The second kappa shape index (κ2) is 17.8. The zero-order valence-corrected chi connectivity index (χ0v) is 30.0. The molecule has 4 aromatic carbocycles. The summed E-state index contributed by atoms with van der Waals surface area (Å²) in [5.41, 5.74) is 3.52. The van der Waals surface area contributed by atoms with Crippen LogP contribution in [0.4, 0.5) is 5.69 Å². The smallest absolute Gasteiger partial charge is 0.357 e. The van der Waals surface area contributed by atoms with E-state index in [1.807, 2.05) is 36.4 Å². The summed E-state index contributed by atoms with van der Waals surface area (Å²) in [6.45, 7) is 3.89. The molecule has 0 spiro atoms. The van der Waals surface area contributed by atoms with E-state index in [1.54, 1.807) is 89.8 Å². The van der Waals surface area contributed by atoms with E-state index in [0.29, 0.717) is 44.8 Å². The Morgan fingerprint density at radius 1 is 0.755 bits per heavy atom. The number of carbonyl (C=O) groups is 1. The van der Waals surface area contributed by atoms with E-state index in [0.717, 1.165) is 11.1 Å². The number of nitrogens with one attached hydrogen (secondary N) is 1. The molecule has 0 fully saturated rings. The van der Waals surface area contributed by atoms with Crippen LogP contribution in [0.15, 0.2) is 78.9 Å². The lowest BCUT2D eigenvalue weighted by molar-refractivity contribution is -0.133. The molecular weight excluding hydrogens is 669 g/mol. The number of esters is 1. The third kappa shape index (κ3) is 9.58. The average molecular weight is 710 g/mol. The molecule has 0 saturated heterocycles. The molecule has 0 aliphatic carbocycles. The van der Waals surface area contributed by atoms with Crippen LogP contribution in [0.3, 0.4) is 0 Å². The fourth-order valence-corrected chi connectivity index (χ4v) is 7.33. The highest BCUT2D eigenvalue weighted by molar-refractivity contribution is 7.54. The van der Waals surface area contributed by atoms with Crippen molar-refractivity contribution in [3.05, 3.63) is 106 Å². The lowest BCUT2D eigenvalue weighted by Gasteiger charge is -2.28. The van der Waals surface area contributed by atoms with Gasteiger partial charge in [-0.15, -0.1) is 0 Å². The summed E-state index contributed by atoms with van der Waals surface area (Å²) >= 11 is 6.50. The Morgan fingerprint density at radius 2 is 1.35 bits per heavy atom. The normalized spacial score (nSPS) is 12.0. The molecule has 1 atom stereocenters. The number of benzene rings is 4. The first-order chi connectivity index (χ1) is 23.7. The third-order valence-electron chi connectivity index (χ3n) is 7.31. The lowest BCUT2D eigenvalue weighted by Crippen LogP contribution is -2.16. The van der Waals surface area contributed by atoms with E-state index in [2.05, 4.69) is 5.32 Å². The van der Waals surface area contributed by atoms with Crippen LogP contribution in [-0.4, -0.2) is 47.6 Å². The zero-order chi connectivity index (χ0) is 35.4. The fourth-order valence-electron chi connectivity index (χ4n) is 5.04. The van der Waals surface area contributed by atoms with Crippen molar-refractivity contribution in [3.8, 4) is 28.7 Å². The van der Waals surface area contributed by atoms with Crippen molar-refractivity contribution in [2.24, 2.45) is 0 Å². The van der Waals surface area contributed by atoms with Gasteiger partial charge in [0.25, 0.3) is 0 Å². The van der Waals surface area contributed by atoms with Gasteiger partial charge in [0, 0.05) is 16.3 Å². The number of anilines is 1. The fraction of sp³-hybridized carbons (Fsp3) is 0.270. The highest BCUT2D eigenvalue weighted by Crippen LogP contribution is 2.61. The maximum absolute atomic E-state index is 13.9. The molecule has 1 unspecified atom stereocenters. The van der Waals surface area contributed by atoms with Crippen molar-refractivity contribution < 1.29 is 42.1 Å². The van der Waals surface area contributed by atoms with Crippen LogP contribution in [0, 0.1) is 0 Å². The summed E-state index contributed by atoms with van der Waals surface area (Å²) in [6.07, 6.45) is 3.75. The summed E-state index contributed by atoms with van der Waals surface area (Å²) in [7, 11) is 2.51. The Hall–Kier alpha value is -4.47. The summed E-state index contributed by atoms with van der Waals surface area (Å²) in [6, 6.07) is 23.2. The van der Waals surface area contributed by atoms with Gasteiger partial charge in [0.15, 0.2) is 28.8 Å². The minimum Gasteiger partial charge on any atom is -0.493 e. The standard InChI is InChI=1S/C37H41ClNO9P/c1-7-46-49(41,47-8-2)37(29-11-9-10-12-30(29)38)39-28-18-15-26(16-19-28)24-35(40)48-32-21-25(17-20-31(32)42-3)13-14-27-22-33(43-4)36(45-6)34(23-27)44-5/h9-23,37,39H,7-8,24H2,1-6H3/b14-13-. The molecule has 0 aromatic heterocycles. The van der Waals surface area contributed by atoms with Gasteiger partial charge in [-0.3, -0.25) is 9.36 Å². The lowest BCUT2D eigenvalue weighted by atomic mass is 10.1. The van der Waals surface area contributed by atoms with Gasteiger partial charge in [-0.1, -0.05) is 60.2 Å². The van der Waals surface area contributed by atoms with Gasteiger partial charge >= 0.3 is 13.6 Å². The second-order valence-electron chi connectivity index (χ2n) is 10.5. The number of carbonyl (C=O) groups excluding carboxylic acids is 1. The molecule has 0 radical (unpaired) electrons.